The first-order valence-corrected chi connectivity index (χ1v) is 37.2. The number of hydrogen-bond acceptors (Lipinski definition) is 24. The number of amides is 8. The van der Waals surface area contributed by atoms with Crippen molar-refractivity contribution in [3.63, 3.8) is 0 Å². The average molecular weight is 1550 g/mol. The second-order valence-corrected chi connectivity index (χ2v) is 27.7. The molecule has 2 unspecified atom stereocenters. The first-order valence-electron chi connectivity index (χ1n) is 37.2. The molecule has 0 bridgehead atoms. The Labute approximate surface area is 636 Å². The standard InChI is InChI=1S/C20H28FN3O5.C19H27FN4O4.C18H25FN4O4.C17H23FN4O4/c1-14(26)23-11-16-12-24(19(27)29-16)15-2-3-18(17(21)10-15)28-9-6-20(13-25)4-7-22-8-5-20;1-13(25)23-11-16-12-24(19(26)28-16)15-2-3-18(17(20)8-15)27-7-6-22-10-14-4-5-21-9-14;1-12(24)22-10-15-11-23(18(25)27-15)14-2-3-17(16(19)8-14)26-7-4-13-9-20-5-6-21-13;1-11(23)21-9-14-10-22(17(24)26-14)13-2-3-16(15(18)6-13)25-5-4-20-12-7-19-8-12/h2-3,10,16,22,25H,4-9,11-13H2,1H3,(H,23,26);2-3,8,14,16,21-22H,4-7,9-12H2,1H3,(H,23,25);2-3,8,13,15,20-21H,4-7,9-11H2,1H3,(H,22,24);2-3,6,12,14,19-20H,4-5,7-10H2,1H3,(H,21,23)/t;14-,16-;13?,15-;14-/m.000/s1. The molecule has 12 N–H and O–H groups in total. The molecule has 0 saturated carbocycles. The Morgan fingerprint density at radius 2 is 0.864 bits per heavy atom. The maximum Gasteiger partial charge on any atom is 0.414 e. The normalized spacial score (nSPS) is 21.2. The van der Waals surface area contributed by atoms with Gasteiger partial charge in [0, 0.05) is 116 Å². The minimum Gasteiger partial charge on any atom is -0.490 e. The summed E-state index contributed by atoms with van der Waals surface area (Å²) in [7, 11) is 0. The second-order valence-electron chi connectivity index (χ2n) is 27.7. The number of nitrogens with one attached hydrogen (secondary N) is 11. The van der Waals surface area contributed by atoms with Crippen LogP contribution in [0.25, 0.3) is 0 Å². The lowest BCUT2D eigenvalue weighted by Gasteiger charge is -2.35. The summed E-state index contributed by atoms with van der Waals surface area (Å²) in [6, 6.07) is 18.3. The number of benzene rings is 4. The van der Waals surface area contributed by atoms with Crippen LogP contribution in [-0.2, 0) is 38.1 Å². The number of hydrogen-bond donors (Lipinski definition) is 12. The number of halogens is 4. The predicted molar refractivity (Wildman–Crippen MR) is 397 cm³/mol. The van der Waals surface area contributed by atoms with Crippen LogP contribution in [0.1, 0.15) is 59.8 Å². The summed E-state index contributed by atoms with van der Waals surface area (Å²) in [4.78, 5) is 97.2. The number of rotatable bonds is 32. The highest BCUT2D eigenvalue weighted by Gasteiger charge is 2.38. The predicted octanol–water partition coefficient (Wildman–Crippen LogP) is 3.13. The van der Waals surface area contributed by atoms with Crippen molar-refractivity contribution in [3.8, 4) is 23.0 Å². The molecule has 0 aliphatic carbocycles. The van der Waals surface area contributed by atoms with Gasteiger partial charge in [-0.25, -0.2) is 36.7 Å². The molecule has 8 saturated heterocycles. The number of ether oxygens (including phenoxy) is 8. The van der Waals surface area contributed by atoms with Gasteiger partial charge in [0.05, 0.1) is 88.3 Å². The van der Waals surface area contributed by atoms with E-state index in [9.17, 15) is 61.0 Å². The maximum atomic E-state index is 14.5. The van der Waals surface area contributed by atoms with Crippen LogP contribution < -0.4 is 97.0 Å². The smallest absolute Gasteiger partial charge is 0.414 e. The third kappa shape index (κ3) is 26.3. The molecule has 32 nitrogen and oxygen atoms in total. The number of carbonyl (C=O) groups excluding carboxylic acids is 8. The molecule has 4 aromatic rings. The molecule has 8 amide bonds. The molecule has 110 heavy (non-hydrogen) atoms. The summed E-state index contributed by atoms with van der Waals surface area (Å²) >= 11 is 0. The average Bonchev–Trinajstić information content (AvgIpc) is 1.67. The molecule has 8 fully saturated rings. The molecular weight excluding hydrogens is 1450 g/mol. The van der Waals surface area contributed by atoms with Gasteiger partial charge in [0.15, 0.2) is 46.3 Å². The molecule has 0 aromatic heterocycles. The summed E-state index contributed by atoms with van der Waals surface area (Å²) in [6.07, 6.45) is 0.202. The Hall–Kier alpha value is -9.56. The first-order chi connectivity index (χ1) is 53.0. The van der Waals surface area contributed by atoms with Gasteiger partial charge in [-0.05, 0) is 125 Å². The van der Waals surface area contributed by atoms with Crippen molar-refractivity contribution in [3.05, 3.63) is 96.1 Å². The van der Waals surface area contributed by atoms with Gasteiger partial charge in [-0.15, -0.1) is 0 Å². The second kappa shape index (κ2) is 42.6. The lowest BCUT2D eigenvalue weighted by molar-refractivity contribution is -0.120. The number of nitrogens with zero attached hydrogens (tertiary/aromatic N) is 4. The van der Waals surface area contributed by atoms with E-state index in [4.69, 9.17) is 37.9 Å². The molecule has 0 radical (unpaired) electrons. The Kier molecular flexibility index (Phi) is 32.7. The van der Waals surface area contributed by atoms with Crippen LogP contribution in [0.4, 0.5) is 59.5 Å². The van der Waals surface area contributed by atoms with Crippen molar-refractivity contribution in [1.29, 1.82) is 0 Å². The molecule has 604 valence electrons. The summed E-state index contributed by atoms with van der Waals surface area (Å²) < 4.78 is 100. The fourth-order valence-electron chi connectivity index (χ4n) is 12.8. The number of carbonyl (C=O) groups is 8. The minimum atomic E-state index is -0.579. The van der Waals surface area contributed by atoms with Crippen molar-refractivity contribution >= 4 is 70.8 Å². The zero-order chi connectivity index (χ0) is 78.5. The number of anilines is 4. The van der Waals surface area contributed by atoms with Crippen molar-refractivity contribution < 1.29 is 98.9 Å². The van der Waals surface area contributed by atoms with Crippen molar-refractivity contribution in [2.24, 2.45) is 11.3 Å². The van der Waals surface area contributed by atoms with Crippen LogP contribution in [0.5, 0.6) is 23.0 Å². The van der Waals surface area contributed by atoms with E-state index < -0.39 is 72.1 Å². The maximum absolute atomic E-state index is 14.5. The van der Waals surface area contributed by atoms with Gasteiger partial charge in [0.2, 0.25) is 23.6 Å². The highest BCUT2D eigenvalue weighted by atomic mass is 19.1. The van der Waals surface area contributed by atoms with Gasteiger partial charge in [0.25, 0.3) is 0 Å². The third-order valence-electron chi connectivity index (χ3n) is 19.2. The summed E-state index contributed by atoms with van der Waals surface area (Å²) in [6.45, 7) is 19.6. The zero-order valence-electron chi connectivity index (χ0n) is 62.5. The summed E-state index contributed by atoms with van der Waals surface area (Å²) in [5.74, 6) is -1.76. The molecule has 12 rings (SSSR count). The first kappa shape index (κ1) is 84.5. The highest BCUT2D eigenvalue weighted by molar-refractivity contribution is 5.92. The van der Waals surface area contributed by atoms with Crippen LogP contribution in [0.2, 0.25) is 0 Å². The number of aliphatic hydroxyl groups excluding tert-OH is 1. The van der Waals surface area contributed by atoms with E-state index in [1.807, 2.05) is 0 Å². The Morgan fingerprint density at radius 3 is 1.21 bits per heavy atom. The minimum absolute atomic E-state index is 0.0934. The van der Waals surface area contributed by atoms with Crippen LogP contribution in [0.3, 0.4) is 0 Å². The van der Waals surface area contributed by atoms with Gasteiger partial charge in [-0.2, -0.15) is 0 Å². The number of piperazine rings is 1. The topological polar surface area (TPSA) is 376 Å². The van der Waals surface area contributed by atoms with Crippen LogP contribution in [-0.4, -0.2) is 254 Å². The Balaban J connectivity index is 0.000000169. The summed E-state index contributed by atoms with van der Waals surface area (Å²) in [5.41, 5.74) is 1.38. The molecule has 36 heteroatoms. The summed E-state index contributed by atoms with van der Waals surface area (Å²) in [5, 5.41) is 43.2. The molecule has 0 spiro atoms. The lowest BCUT2D eigenvalue weighted by Crippen LogP contribution is -2.56. The van der Waals surface area contributed by atoms with Gasteiger partial charge in [-0.1, -0.05) is 0 Å². The number of cyclic esters (lactones) is 4. The third-order valence-corrected chi connectivity index (χ3v) is 19.2. The number of aliphatic hydroxyl groups is 1. The molecule has 8 heterocycles. The molecule has 8 aliphatic heterocycles. The molecule has 4 aromatic carbocycles. The van der Waals surface area contributed by atoms with E-state index in [1.54, 1.807) is 24.3 Å². The highest BCUT2D eigenvalue weighted by Crippen LogP contribution is 2.35. The largest absolute Gasteiger partial charge is 0.490 e. The fourth-order valence-corrected chi connectivity index (χ4v) is 12.8. The lowest BCUT2D eigenvalue weighted by atomic mass is 9.77. The van der Waals surface area contributed by atoms with E-state index in [2.05, 4.69) is 58.5 Å². The number of piperidine rings is 1. The SMILES string of the molecule is CC(=O)NCC1CN(c2ccc(OCCC3(CO)CCNCC3)c(F)c2)C(=O)O1.CC(=O)NC[C@H]1CN(c2ccc(OCCC3CNCCN3)c(F)c2)C(=O)O1.CC(=O)NC[C@H]1CN(c2ccc(OCCNC3CNC3)c(F)c2)C(=O)O1.CC(=O)NC[C@H]1CN(c2ccc(OCCNC[C@H]3CCNC3)c(F)c2)C(=O)O1. The van der Waals surface area contributed by atoms with Crippen molar-refractivity contribution in [2.45, 2.75) is 96.3 Å². The van der Waals surface area contributed by atoms with Crippen molar-refractivity contribution in [2.75, 3.05) is 184 Å². The van der Waals surface area contributed by atoms with Crippen LogP contribution >= 0.6 is 0 Å². The quantitative estimate of drug-likeness (QED) is 0.0190. The molecular formula is C74H103F4N15O17. The van der Waals surface area contributed by atoms with Gasteiger partial charge >= 0.3 is 24.4 Å². The van der Waals surface area contributed by atoms with Crippen LogP contribution in [0.15, 0.2) is 72.8 Å². The zero-order valence-corrected chi connectivity index (χ0v) is 62.5. The Bertz CT molecular complexity index is 3720. The van der Waals surface area contributed by atoms with Gasteiger partial charge in [0.1, 0.15) is 37.6 Å². The van der Waals surface area contributed by atoms with Gasteiger partial charge < -0.3 is 101 Å². The van der Waals surface area contributed by atoms with Gasteiger partial charge in [-0.3, -0.25) is 38.8 Å². The molecule has 6 atom stereocenters. The fraction of sp³-hybridized carbons (Fsp3) is 0.568. The van der Waals surface area contributed by atoms with Crippen molar-refractivity contribution in [1.82, 2.24) is 58.5 Å². The van der Waals surface area contributed by atoms with E-state index in [-0.39, 0.29) is 111 Å². The van der Waals surface area contributed by atoms with E-state index in [0.717, 1.165) is 84.7 Å². The monoisotopic (exact) mass is 1550 g/mol. The van der Waals surface area contributed by atoms with E-state index >= 15 is 0 Å². The van der Waals surface area contributed by atoms with E-state index in [0.29, 0.717) is 86.7 Å². The Morgan fingerprint density at radius 1 is 0.473 bits per heavy atom. The van der Waals surface area contributed by atoms with E-state index in [1.165, 1.54) is 102 Å². The molecule has 8 aliphatic rings. The van der Waals surface area contributed by atoms with Crippen LogP contribution in [0, 0.1) is 34.6 Å².